The van der Waals surface area contributed by atoms with Gasteiger partial charge in [-0.2, -0.15) is 0 Å². The second-order valence-corrected chi connectivity index (χ2v) is 6.96. The minimum Gasteiger partial charge on any atom is -0.495 e. The largest absolute Gasteiger partial charge is 0.495 e. The zero-order chi connectivity index (χ0) is 16.0. The van der Waals surface area contributed by atoms with Crippen molar-refractivity contribution in [3.05, 3.63) is 22.7 Å². The SMILES string of the molecule is CCC(CC)CNS(=O)(=O)c1cc(Cl)cc(CO)c1OC. The van der Waals surface area contributed by atoms with E-state index in [4.69, 9.17) is 16.3 Å². The molecule has 0 heterocycles. The monoisotopic (exact) mass is 335 g/mol. The Morgan fingerprint density at radius 2 is 1.95 bits per heavy atom. The van der Waals surface area contributed by atoms with Gasteiger partial charge < -0.3 is 9.84 Å². The molecule has 0 aliphatic rings. The maximum Gasteiger partial charge on any atom is 0.244 e. The molecule has 0 atom stereocenters. The van der Waals surface area contributed by atoms with E-state index in [1.165, 1.54) is 19.2 Å². The van der Waals surface area contributed by atoms with Crippen LogP contribution < -0.4 is 9.46 Å². The van der Waals surface area contributed by atoms with E-state index in [-0.39, 0.29) is 28.2 Å². The number of ether oxygens (including phenoxy) is 1. The van der Waals surface area contributed by atoms with Crippen molar-refractivity contribution in [3.63, 3.8) is 0 Å². The Kier molecular flexibility index (Phi) is 6.93. The number of rotatable bonds is 8. The van der Waals surface area contributed by atoms with Gasteiger partial charge in [-0.3, -0.25) is 0 Å². The zero-order valence-corrected chi connectivity index (χ0v) is 14.1. The molecule has 5 nitrogen and oxygen atoms in total. The topological polar surface area (TPSA) is 75.6 Å². The molecule has 0 bridgehead atoms. The molecule has 0 unspecified atom stereocenters. The van der Waals surface area contributed by atoms with Crippen LogP contribution in [0.4, 0.5) is 0 Å². The van der Waals surface area contributed by atoms with E-state index in [1.54, 1.807) is 0 Å². The molecule has 0 aromatic heterocycles. The summed E-state index contributed by atoms with van der Waals surface area (Å²) >= 11 is 5.92. The number of halogens is 1. The number of aliphatic hydroxyl groups excluding tert-OH is 1. The summed E-state index contributed by atoms with van der Waals surface area (Å²) in [7, 11) is -2.38. The smallest absolute Gasteiger partial charge is 0.244 e. The molecule has 0 amide bonds. The molecule has 2 N–H and O–H groups in total. The summed E-state index contributed by atoms with van der Waals surface area (Å²) in [6, 6.07) is 2.81. The van der Waals surface area contributed by atoms with Gasteiger partial charge in [-0.1, -0.05) is 38.3 Å². The van der Waals surface area contributed by atoms with Gasteiger partial charge in [0.25, 0.3) is 0 Å². The Morgan fingerprint density at radius 1 is 1.33 bits per heavy atom. The minimum atomic E-state index is -3.74. The fourth-order valence-electron chi connectivity index (χ4n) is 2.05. The lowest BCUT2D eigenvalue weighted by Crippen LogP contribution is -2.29. The zero-order valence-electron chi connectivity index (χ0n) is 12.5. The number of methoxy groups -OCH3 is 1. The number of hydrogen-bond donors (Lipinski definition) is 2. The summed E-state index contributed by atoms with van der Waals surface area (Å²) in [5.41, 5.74) is 0.341. The first-order valence-electron chi connectivity index (χ1n) is 6.86. The average molecular weight is 336 g/mol. The number of nitrogens with one attached hydrogen (secondary N) is 1. The van der Waals surface area contributed by atoms with Crippen LogP contribution in [0.15, 0.2) is 17.0 Å². The molecule has 0 saturated heterocycles. The summed E-state index contributed by atoms with van der Waals surface area (Å²) in [4.78, 5) is -0.0486. The van der Waals surface area contributed by atoms with E-state index in [2.05, 4.69) is 4.72 Å². The second kappa shape index (κ2) is 7.98. The summed E-state index contributed by atoms with van der Waals surface area (Å²) in [6.07, 6.45) is 1.79. The highest BCUT2D eigenvalue weighted by Crippen LogP contribution is 2.31. The molecular weight excluding hydrogens is 314 g/mol. The van der Waals surface area contributed by atoms with Crippen LogP contribution in [0.5, 0.6) is 5.75 Å². The van der Waals surface area contributed by atoms with Crippen molar-refractivity contribution in [2.24, 2.45) is 5.92 Å². The Bertz CT molecular complexity index is 571. The van der Waals surface area contributed by atoms with E-state index < -0.39 is 10.0 Å². The van der Waals surface area contributed by atoms with Crippen LogP contribution in [0, 0.1) is 5.92 Å². The Hall–Kier alpha value is -0.820. The highest BCUT2D eigenvalue weighted by molar-refractivity contribution is 7.89. The molecule has 7 heteroatoms. The van der Waals surface area contributed by atoms with Gasteiger partial charge in [-0.15, -0.1) is 0 Å². The number of benzene rings is 1. The maximum absolute atomic E-state index is 12.4. The van der Waals surface area contributed by atoms with Gasteiger partial charge in [0.1, 0.15) is 10.6 Å². The third kappa shape index (κ3) is 4.57. The van der Waals surface area contributed by atoms with Gasteiger partial charge in [-0.05, 0) is 18.1 Å². The van der Waals surface area contributed by atoms with Gasteiger partial charge in [0.2, 0.25) is 10.0 Å². The number of sulfonamides is 1. The number of aliphatic hydroxyl groups is 1. The van der Waals surface area contributed by atoms with E-state index in [0.717, 1.165) is 12.8 Å². The van der Waals surface area contributed by atoms with Crippen molar-refractivity contribution in [1.82, 2.24) is 4.72 Å². The molecule has 1 rings (SSSR count). The van der Waals surface area contributed by atoms with Crippen LogP contribution >= 0.6 is 11.6 Å². The standard InChI is InChI=1S/C14H22ClNO4S/c1-4-10(5-2)8-16-21(18,19)13-7-12(15)6-11(9-17)14(13)20-3/h6-7,10,16-17H,4-5,8-9H2,1-3H3. The summed E-state index contributed by atoms with van der Waals surface area (Å²) in [5.74, 6) is 0.404. The van der Waals surface area contributed by atoms with Crippen LogP contribution in [-0.2, 0) is 16.6 Å². The van der Waals surface area contributed by atoms with Gasteiger partial charge >= 0.3 is 0 Å². The lowest BCUT2D eigenvalue weighted by atomic mass is 10.0. The quantitative estimate of drug-likeness (QED) is 0.765. The van der Waals surface area contributed by atoms with Crippen LogP contribution in [0.2, 0.25) is 5.02 Å². The van der Waals surface area contributed by atoms with E-state index in [9.17, 15) is 13.5 Å². The first-order chi connectivity index (χ1) is 9.89. The molecule has 120 valence electrons. The van der Waals surface area contributed by atoms with E-state index in [1.807, 2.05) is 13.8 Å². The van der Waals surface area contributed by atoms with Crippen LogP contribution in [0.1, 0.15) is 32.3 Å². The van der Waals surface area contributed by atoms with Crippen LogP contribution in [0.25, 0.3) is 0 Å². The van der Waals surface area contributed by atoms with Crippen molar-refractivity contribution >= 4 is 21.6 Å². The molecule has 0 spiro atoms. The average Bonchev–Trinajstić information content (AvgIpc) is 2.47. The van der Waals surface area contributed by atoms with Crippen molar-refractivity contribution in [1.29, 1.82) is 0 Å². The lowest BCUT2D eigenvalue weighted by molar-refractivity contribution is 0.272. The van der Waals surface area contributed by atoms with Gasteiger partial charge in [0.05, 0.1) is 13.7 Å². The minimum absolute atomic E-state index is 0.0486. The third-order valence-electron chi connectivity index (χ3n) is 3.48. The van der Waals surface area contributed by atoms with Crippen molar-refractivity contribution < 1.29 is 18.3 Å². The van der Waals surface area contributed by atoms with Gasteiger partial charge in [0.15, 0.2) is 0 Å². The molecular formula is C14H22ClNO4S. The molecule has 0 fully saturated rings. The summed E-state index contributed by atoms with van der Waals surface area (Å²) in [5, 5.41) is 9.54. The molecule has 0 radical (unpaired) electrons. The Balaban J connectivity index is 3.15. The predicted octanol–water partition coefficient (Wildman–Crippen LogP) is 2.56. The Labute approximate surface area is 131 Å². The van der Waals surface area contributed by atoms with Crippen LogP contribution in [-0.4, -0.2) is 27.2 Å². The number of hydrogen-bond acceptors (Lipinski definition) is 4. The molecule has 1 aromatic rings. The van der Waals surface area contributed by atoms with Crippen molar-refractivity contribution in [2.45, 2.75) is 38.2 Å². The third-order valence-corrected chi connectivity index (χ3v) is 5.12. The lowest BCUT2D eigenvalue weighted by Gasteiger charge is -2.17. The Morgan fingerprint density at radius 3 is 2.43 bits per heavy atom. The summed E-state index contributed by atoms with van der Waals surface area (Å²) < 4.78 is 32.6. The molecule has 0 saturated carbocycles. The molecule has 1 aromatic carbocycles. The molecule has 21 heavy (non-hydrogen) atoms. The van der Waals surface area contributed by atoms with E-state index in [0.29, 0.717) is 12.1 Å². The highest BCUT2D eigenvalue weighted by atomic mass is 35.5. The van der Waals surface area contributed by atoms with Crippen molar-refractivity contribution in [2.75, 3.05) is 13.7 Å². The predicted molar refractivity (Wildman–Crippen MR) is 83.2 cm³/mol. The van der Waals surface area contributed by atoms with Gasteiger partial charge in [-0.25, -0.2) is 13.1 Å². The fourth-order valence-corrected chi connectivity index (χ4v) is 3.71. The second-order valence-electron chi connectivity index (χ2n) is 4.79. The van der Waals surface area contributed by atoms with Gasteiger partial charge in [0, 0.05) is 17.1 Å². The molecule has 0 aliphatic carbocycles. The summed E-state index contributed by atoms with van der Waals surface area (Å²) in [6.45, 7) is 4.05. The first-order valence-corrected chi connectivity index (χ1v) is 8.72. The van der Waals surface area contributed by atoms with Crippen LogP contribution in [0.3, 0.4) is 0 Å². The molecule has 0 aliphatic heterocycles. The van der Waals surface area contributed by atoms with E-state index >= 15 is 0 Å². The maximum atomic E-state index is 12.4. The highest BCUT2D eigenvalue weighted by Gasteiger charge is 2.23. The van der Waals surface area contributed by atoms with Crippen molar-refractivity contribution in [3.8, 4) is 5.75 Å². The fraction of sp³-hybridized carbons (Fsp3) is 0.571. The first kappa shape index (κ1) is 18.2. The normalized spacial score (nSPS) is 11.9.